The molecule has 1 unspecified atom stereocenters. The van der Waals surface area contributed by atoms with E-state index < -0.39 is 0 Å². The van der Waals surface area contributed by atoms with Crippen LogP contribution in [0.1, 0.15) is 24.8 Å². The Morgan fingerprint density at radius 3 is 3.00 bits per heavy atom. The first-order chi connectivity index (χ1) is 8.35. The fourth-order valence-electron chi connectivity index (χ4n) is 2.33. The first-order valence-corrected chi connectivity index (χ1v) is 6.11. The third-order valence-corrected chi connectivity index (χ3v) is 3.35. The summed E-state index contributed by atoms with van der Waals surface area (Å²) in [6.07, 6.45) is 5.80. The van der Waals surface area contributed by atoms with Crippen molar-refractivity contribution >= 4 is 0 Å². The molecule has 1 N–H and O–H groups in total. The Morgan fingerprint density at radius 2 is 2.35 bits per heavy atom. The molecule has 2 rings (SSSR count). The Hall–Kier alpha value is -0.910. The lowest BCUT2D eigenvalue weighted by Gasteiger charge is -2.16. The number of nitrogens with zero attached hydrogens (tertiary/aromatic N) is 2. The molecule has 1 aromatic heterocycles. The quantitative estimate of drug-likeness (QED) is 0.757. The van der Waals surface area contributed by atoms with E-state index in [0.717, 1.165) is 31.2 Å². The molecule has 0 spiro atoms. The van der Waals surface area contributed by atoms with E-state index in [1.807, 2.05) is 12.5 Å². The summed E-state index contributed by atoms with van der Waals surface area (Å²) in [5, 5.41) is 3.39. The second-order valence-corrected chi connectivity index (χ2v) is 4.46. The lowest BCUT2D eigenvalue weighted by molar-refractivity contribution is -0.110. The number of hydrogen-bond acceptors (Lipinski definition) is 4. The number of methoxy groups -OCH3 is 2. The number of nitrogens with one attached hydrogen (secondary N) is 1. The minimum atomic E-state index is -0.320. The van der Waals surface area contributed by atoms with Gasteiger partial charge in [-0.1, -0.05) is 0 Å². The molecule has 0 bridgehead atoms. The van der Waals surface area contributed by atoms with Crippen molar-refractivity contribution in [2.24, 2.45) is 5.92 Å². The van der Waals surface area contributed by atoms with Gasteiger partial charge in [0.05, 0.1) is 18.2 Å². The molecule has 5 nitrogen and oxygen atoms in total. The molecule has 2 heterocycles. The molecule has 96 valence electrons. The van der Waals surface area contributed by atoms with Crippen LogP contribution in [0.25, 0.3) is 0 Å². The van der Waals surface area contributed by atoms with E-state index >= 15 is 0 Å². The zero-order valence-electron chi connectivity index (χ0n) is 10.6. The number of ether oxygens (including phenoxy) is 2. The van der Waals surface area contributed by atoms with Gasteiger partial charge in [0.15, 0.2) is 6.29 Å². The Morgan fingerprint density at radius 1 is 1.53 bits per heavy atom. The van der Waals surface area contributed by atoms with Gasteiger partial charge >= 0.3 is 0 Å². The lowest BCUT2D eigenvalue weighted by atomic mass is 10.1. The van der Waals surface area contributed by atoms with Crippen molar-refractivity contribution in [2.45, 2.75) is 25.7 Å². The SMILES string of the molecule is COC(OC)c1cncn1CCC1CCNC1. The second kappa shape index (κ2) is 6.14. The lowest BCUT2D eigenvalue weighted by Crippen LogP contribution is -2.14. The molecular formula is C12H21N3O2. The van der Waals surface area contributed by atoms with E-state index in [1.165, 1.54) is 12.8 Å². The van der Waals surface area contributed by atoms with Crippen LogP contribution >= 0.6 is 0 Å². The molecule has 1 aliphatic rings. The molecule has 1 saturated heterocycles. The predicted octanol–water partition coefficient (Wildman–Crippen LogP) is 1.17. The van der Waals surface area contributed by atoms with E-state index in [2.05, 4.69) is 14.9 Å². The van der Waals surface area contributed by atoms with E-state index in [0.29, 0.717) is 0 Å². The van der Waals surface area contributed by atoms with Crippen molar-refractivity contribution in [1.29, 1.82) is 0 Å². The topological polar surface area (TPSA) is 48.3 Å². The standard InChI is InChI=1S/C12H21N3O2/c1-16-12(17-2)11-8-14-9-15(11)6-4-10-3-5-13-7-10/h8-10,12-13H,3-7H2,1-2H3. The first-order valence-electron chi connectivity index (χ1n) is 6.11. The van der Waals surface area contributed by atoms with Gasteiger partial charge < -0.3 is 19.4 Å². The molecule has 17 heavy (non-hydrogen) atoms. The fraction of sp³-hybridized carbons (Fsp3) is 0.750. The fourth-order valence-corrected chi connectivity index (χ4v) is 2.33. The Kier molecular flexibility index (Phi) is 4.53. The molecule has 1 aromatic rings. The summed E-state index contributed by atoms with van der Waals surface area (Å²) in [7, 11) is 3.29. The van der Waals surface area contributed by atoms with Gasteiger partial charge in [-0.25, -0.2) is 4.98 Å². The van der Waals surface area contributed by atoms with Gasteiger partial charge in [0.25, 0.3) is 0 Å². The molecule has 0 saturated carbocycles. The number of rotatable bonds is 6. The van der Waals surface area contributed by atoms with Gasteiger partial charge in [-0.05, 0) is 31.8 Å². The second-order valence-electron chi connectivity index (χ2n) is 4.46. The summed E-state index contributed by atoms with van der Waals surface area (Å²) in [5.74, 6) is 0.786. The van der Waals surface area contributed by atoms with Crippen LogP contribution < -0.4 is 5.32 Å². The van der Waals surface area contributed by atoms with Crippen LogP contribution in [0.4, 0.5) is 0 Å². The summed E-state index contributed by atoms with van der Waals surface area (Å²) in [5.41, 5.74) is 0.987. The highest BCUT2D eigenvalue weighted by Gasteiger charge is 2.17. The highest BCUT2D eigenvalue weighted by molar-refractivity contribution is 5.00. The van der Waals surface area contributed by atoms with Crippen molar-refractivity contribution in [2.75, 3.05) is 27.3 Å². The van der Waals surface area contributed by atoms with Gasteiger partial charge in [-0.3, -0.25) is 0 Å². The molecule has 0 radical (unpaired) electrons. The summed E-state index contributed by atoms with van der Waals surface area (Å²) >= 11 is 0. The maximum absolute atomic E-state index is 5.26. The van der Waals surface area contributed by atoms with Crippen LogP contribution in [0.2, 0.25) is 0 Å². The summed E-state index contributed by atoms with van der Waals surface area (Å²) in [4.78, 5) is 4.17. The number of aryl methyl sites for hydroxylation is 1. The van der Waals surface area contributed by atoms with Crippen molar-refractivity contribution in [1.82, 2.24) is 14.9 Å². The predicted molar refractivity (Wildman–Crippen MR) is 64.6 cm³/mol. The Bertz CT molecular complexity index is 330. The maximum atomic E-state index is 5.26. The van der Waals surface area contributed by atoms with Crippen LogP contribution in [0.15, 0.2) is 12.5 Å². The van der Waals surface area contributed by atoms with E-state index in [1.54, 1.807) is 14.2 Å². The average molecular weight is 239 g/mol. The van der Waals surface area contributed by atoms with E-state index in [4.69, 9.17) is 9.47 Å². The first kappa shape index (κ1) is 12.5. The minimum Gasteiger partial charge on any atom is -0.350 e. The van der Waals surface area contributed by atoms with Crippen molar-refractivity contribution in [3.8, 4) is 0 Å². The van der Waals surface area contributed by atoms with E-state index in [-0.39, 0.29) is 6.29 Å². The van der Waals surface area contributed by atoms with Gasteiger partial charge in [-0.2, -0.15) is 0 Å². The Labute approximate surface area is 102 Å². The minimum absolute atomic E-state index is 0.320. The maximum Gasteiger partial charge on any atom is 0.200 e. The Balaban J connectivity index is 1.93. The molecule has 0 aromatic carbocycles. The number of hydrogen-bond donors (Lipinski definition) is 1. The molecule has 1 atom stereocenters. The van der Waals surface area contributed by atoms with Gasteiger partial charge in [0, 0.05) is 20.8 Å². The van der Waals surface area contributed by atoms with Crippen LogP contribution in [0.3, 0.4) is 0 Å². The van der Waals surface area contributed by atoms with Crippen molar-refractivity contribution < 1.29 is 9.47 Å². The molecule has 0 amide bonds. The van der Waals surface area contributed by atoms with Crippen LogP contribution in [-0.2, 0) is 16.0 Å². The number of imidazole rings is 1. The third-order valence-electron chi connectivity index (χ3n) is 3.35. The van der Waals surface area contributed by atoms with E-state index in [9.17, 15) is 0 Å². The van der Waals surface area contributed by atoms with Crippen molar-refractivity contribution in [3.05, 3.63) is 18.2 Å². The molecule has 5 heteroatoms. The normalized spacial score (nSPS) is 20.3. The van der Waals surface area contributed by atoms with Crippen molar-refractivity contribution in [3.63, 3.8) is 0 Å². The monoisotopic (exact) mass is 239 g/mol. The highest BCUT2D eigenvalue weighted by Crippen LogP contribution is 2.19. The van der Waals surface area contributed by atoms with Gasteiger partial charge in [0.2, 0.25) is 0 Å². The van der Waals surface area contributed by atoms with Crippen LogP contribution in [-0.4, -0.2) is 36.9 Å². The summed E-state index contributed by atoms with van der Waals surface area (Å²) < 4.78 is 12.6. The van der Waals surface area contributed by atoms with Crippen LogP contribution in [0, 0.1) is 5.92 Å². The number of aromatic nitrogens is 2. The van der Waals surface area contributed by atoms with Gasteiger partial charge in [0.1, 0.15) is 0 Å². The largest absolute Gasteiger partial charge is 0.350 e. The summed E-state index contributed by atoms with van der Waals surface area (Å²) in [6, 6.07) is 0. The molecule has 1 fully saturated rings. The smallest absolute Gasteiger partial charge is 0.200 e. The molecular weight excluding hydrogens is 218 g/mol. The highest BCUT2D eigenvalue weighted by atomic mass is 16.7. The zero-order chi connectivity index (χ0) is 12.1. The zero-order valence-corrected chi connectivity index (χ0v) is 10.6. The van der Waals surface area contributed by atoms with Crippen LogP contribution in [0.5, 0.6) is 0 Å². The summed E-state index contributed by atoms with van der Waals surface area (Å²) in [6.45, 7) is 3.27. The third kappa shape index (κ3) is 3.06. The molecule has 0 aliphatic carbocycles. The van der Waals surface area contributed by atoms with Gasteiger partial charge in [-0.15, -0.1) is 0 Å². The average Bonchev–Trinajstić information content (AvgIpc) is 2.99. The molecule has 1 aliphatic heterocycles.